The van der Waals surface area contributed by atoms with Crippen LogP contribution in [0.3, 0.4) is 0 Å². The van der Waals surface area contributed by atoms with Gasteiger partial charge in [-0.15, -0.1) is 0 Å². The van der Waals surface area contributed by atoms with Gasteiger partial charge in [-0.2, -0.15) is 4.98 Å². The lowest BCUT2D eigenvalue weighted by atomic mass is 10.0. The number of aromatic nitrogens is 3. The van der Waals surface area contributed by atoms with Gasteiger partial charge in [0.1, 0.15) is 5.69 Å². The fraction of sp³-hybridized carbons (Fsp3) is 0.533. The van der Waals surface area contributed by atoms with Crippen molar-refractivity contribution in [2.75, 3.05) is 0 Å². The zero-order valence-electron chi connectivity index (χ0n) is 12.2. The minimum absolute atomic E-state index is 0.388. The van der Waals surface area contributed by atoms with E-state index >= 15 is 0 Å². The van der Waals surface area contributed by atoms with Crippen LogP contribution in [0.2, 0.25) is 0 Å². The average molecular weight is 275 g/mol. The molecule has 0 fully saturated rings. The van der Waals surface area contributed by atoms with Gasteiger partial charge < -0.3 is 9.63 Å². The molecule has 5 heteroatoms. The lowest BCUT2D eigenvalue weighted by Gasteiger charge is -2.09. The topological polar surface area (TPSA) is 72.0 Å². The Morgan fingerprint density at radius 3 is 2.85 bits per heavy atom. The molecule has 20 heavy (non-hydrogen) atoms. The molecule has 2 aromatic heterocycles. The molecule has 0 aliphatic heterocycles. The van der Waals surface area contributed by atoms with E-state index in [2.05, 4.69) is 35.9 Å². The minimum Gasteiger partial charge on any atom is -0.393 e. The molecule has 0 radical (unpaired) electrons. The van der Waals surface area contributed by atoms with E-state index in [1.54, 1.807) is 6.20 Å². The summed E-state index contributed by atoms with van der Waals surface area (Å²) in [7, 11) is 0. The number of aryl methyl sites for hydroxylation is 1. The molecule has 0 saturated heterocycles. The van der Waals surface area contributed by atoms with Gasteiger partial charge in [0, 0.05) is 6.20 Å². The highest BCUT2D eigenvalue weighted by Gasteiger charge is 2.16. The molecule has 2 heterocycles. The van der Waals surface area contributed by atoms with Crippen molar-refractivity contribution < 1.29 is 9.63 Å². The van der Waals surface area contributed by atoms with Crippen LogP contribution in [-0.4, -0.2) is 26.3 Å². The Morgan fingerprint density at radius 2 is 2.15 bits per heavy atom. The predicted molar refractivity (Wildman–Crippen MR) is 76.1 cm³/mol. The van der Waals surface area contributed by atoms with Gasteiger partial charge >= 0.3 is 0 Å². The molecule has 2 aromatic rings. The number of pyridine rings is 1. The van der Waals surface area contributed by atoms with Crippen LogP contribution in [0.15, 0.2) is 22.9 Å². The molecule has 0 aromatic carbocycles. The summed E-state index contributed by atoms with van der Waals surface area (Å²) in [5.41, 5.74) is 1.84. The summed E-state index contributed by atoms with van der Waals surface area (Å²) >= 11 is 0. The Balaban J connectivity index is 2.12. The summed E-state index contributed by atoms with van der Waals surface area (Å²) in [5, 5.41) is 13.9. The Kier molecular flexibility index (Phi) is 4.84. The summed E-state index contributed by atoms with van der Waals surface area (Å²) in [6.45, 7) is 6.21. The minimum atomic E-state index is -0.447. The molecule has 0 spiro atoms. The van der Waals surface area contributed by atoms with Crippen molar-refractivity contribution in [1.82, 2.24) is 15.1 Å². The smallest absolute Gasteiger partial charge is 0.229 e. The van der Waals surface area contributed by atoms with Gasteiger partial charge in [-0.25, -0.2) is 0 Å². The third-order valence-electron chi connectivity index (χ3n) is 3.11. The van der Waals surface area contributed by atoms with Crippen molar-refractivity contribution in [3.63, 3.8) is 0 Å². The van der Waals surface area contributed by atoms with Crippen LogP contribution in [0.1, 0.15) is 38.6 Å². The van der Waals surface area contributed by atoms with Gasteiger partial charge in [0.15, 0.2) is 0 Å². The van der Waals surface area contributed by atoms with E-state index in [4.69, 9.17) is 4.52 Å². The quantitative estimate of drug-likeness (QED) is 0.877. The SMILES string of the molecule is CCc1cccnc1-c1noc(CC(O)CC(C)C)n1. The van der Waals surface area contributed by atoms with E-state index in [0.717, 1.165) is 24.1 Å². The third kappa shape index (κ3) is 3.63. The Hall–Kier alpha value is -1.75. The lowest BCUT2D eigenvalue weighted by Crippen LogP contribution is -2.13. The third-order valence-corrected chi connectivity index (χ3v) is 3.11. The molecule has 0 aliphatic carbocycles. The van der Waals surface area contributed by atoms with Gasteiger partial charge in [0.2, 0.25) is 11.7 Å². The monoisotopic (exact) mass is 275 g/mol. The largest absolute Gasteiger partial charge is 0.393 e. The van der Waals surface area contributed by atoms with Gasteiger partial charge in [0.25, 0.3) is 0 Å². The zero-order valence-corrected chi connectivity index (χ0v) is 12.2. The van der Waals surface area contributed by atoms with E-state index in [9.17, 15) is 5.11 Å². The van der Waals surface area contributed by atoms with Crippen LogP contribution < -0.4 is 0 Å². The van der Waals surface area contributed by atoms with Crippen molar-refractivity contribution in [3.8, 4) is 11.5 Å². The fourth-order valence-corrected chi connectivity index (χ4v) is 2.19. The second kappa shape index (κ2) is 6.61. The number of hydrogen-bond donors (Lipinski definition) is 1. The second-order valence-corrected chi connectivity index (χ2v) is 5.36. The van der Waals surface area contributed by atoms with Gasteiger partial charge in [-0.05, 0) is 30.4 Å². The molecule has 0 amide bonds. The highest BCUT2D eigenvalue weighted by molar-refractivity contribution is 5.53. The van der Waals surface area contributed by atoms with Crippen molar-refractivity contribution in [2.45, 2.75) is 46.1 Å². The fourth-order valence-electron chi connectivity index (χ4n) is 2.19. The first-order valence-corrected chi connectivity index (χ1v) is 7.05. The Labute approximate surface area is 119 Å². The molecular formula is C15H21N3O2. The van der Waals surface area contributed by atoms with Crippen LogP contribution in [0.5, 0.6) is 0 Å². The molecule has 0 aliphatic rings. The highest BCUT2D eigenvalue weighted by atomic mass is 16.5. The maximum atomic E-state index is 9.91. The molecule has 0 saturated carbocycles. The van der Waals surface area contributed by atoms with Crippen LogP contribution in [0.4, 0.5) is 0 Å². The van der Waals surface area contributed by atoms with E-state index in [-0.39, 0.29) is 0 Å². The van der Waals surface area contributed by atoms with Crippen molar-refractivity contribution in [2.24, 2.45) is 5.92 Å². The first-order chi connectivity index (χ1) is 9.60. The predicted octanol–water partition coefficient (Wildman–Crippen LogP) is 2.64. The van der Waals surface area contributed by atoms with Crippen LogP contribution >= 0.6 is 0 Å². The Morgan fingerprint density at radius 1 is 1.35 bits per heavy atom. The summed E-state index contributed by atoms with van der Waals surface area (Å²) < 4.78 is 5.21. The molecule has 108 valence electrons. The van der Waals surface area contributed by atoms with E-state index in [1.807, 2.05) is 12.1 Å². The van der Waals surface area contributed by atoms with Crippen LogP contribution in [-0.2, 0) is 12.8 Å². The molecule has 1 N–H and O–H groups in total. The molecule has 0 bridgehead atoms. The number of nitrogens with zero attached hydrogens (tertiary/aromatic N) is 3. The van der Waals surface area contributed by atoms with Crippen molar-refractivity contribution >= 4 is 0 Å². The summed E-state index contributed by atoms with van der Waals surface area (Å²) in [6, 6.07) is 3.90. The summed E-state index contributed by atoms with van der Waals surface area (Å²) in [4.78, 5) is 8.65. The van der Waals surface area contributed by atoms with Crippen molar-refractivity contribution in [3.05, 3.63) is 29.8 Å². The van der Waals surface area contributed by atoms with E-state index in [0.29, 0.717) is 24.1 Å². The molecule has 5 nitrogen and oxygen atoms in total. The van der Waals surface area contributed by atoms with Gasteiger partial charge in [-0.1, -0.05) is 32.0 Å². The molecular weight excluding hydrogens is 254 g/mol. The number of aliphatic hydroxyl groups excluding tert-OH is 1. The number of hydrogen-bond acceptors (Lipinski definition) is 5. The molecule has 2 rings (SSSR count). The highest BCUT2D eigenvalue weighted by Crippen LogP contribution is 2.19. The standard InChI is InChI=1S/C15H21N3O2/c1-4-11-6-5-7-16-14(11)15-17-13(20-18-15)9-12(19)8-10(2)3/h5-7,10,12,19H,4,8-9H2,1-3H3. The average Bonchev–Trinajstić information content (AvgIpc) is 2.85. The van der Waals surface area contributed by atoms with Gasteiger partial charge in [0.05, 0.1) is 12.5 Å². The molecule has 1 atom stereocenters. The van der Waals surface area contributed by atoms with Crippen LogP contribution in [0, 0.1) is 5.92 Å². The zero-order chi connectivity index (χ0) is 14.5. The maximum Gasteiger partial charge on any atom is 0.229 e. The molecule has 1 unspecified atom stereocenters. The Bertz CT molecular complexity index is 552. The van der Waals surface area contributed by atoms with Crippen LogP contribution in [0.25, 0.3) is 11.5 Å². The number of rotatable bonds is 6. The lowest BCUT2D eigenvalue weighted by molar-refractivity contribution is 0.138. The van der Waals surface area contributed by atoms with E-state index in [1.165, 1.54) is 0 Å². The van der Waals surface area contributed by atoms with Crippen molar-refractivity contribution in [1.29, 1.82) is 0 Å². The number of aliphatic hydroxyl groups is 1. The summed E-state index contributed by atoms with van der Waals surface area (Å²) in [6.07, 6.45) is 3.25. The first kappa shape index (κ1) is 14.7. The maximum absolute atomic E-state index is 9.91. The second-order valence-electron chi connectivity index (χ2n) is 5.36. The van der Waals surface area contributed by atoms with E-state index < -0.39 is 6.10 Å². The normalized spacial score (nSPS) is 12.8. The first-order valence-electron chi connectivity index (χ1n) is 7.05. The summed E-state index contributed by atoms with van der Waals surface area (Å²) in [5.74, 6) is 1.39. The van der Waals surface area contributed by atoms with Gasteiger partial charge in [-0.3, -0.25) is 4.98 Å².